The molecule has 3 heteroatoms. The first-order chi connectivity index (χ1) is 8.66. The maximum atomic E-state index is 5.83. The normalized spacial score (nSPS) is 18.9. The molecule has 0 aromatic heterocycles. The van der Waals surface area contributed by atoms with Crippen molar-refractivity contribution < 1.29 is 4.74 Å². The molecule has 1 saturated heterocycles. The molecule has 3 nitrogen and oxygen atoms in total. The average Bonchev–Trinajstić information content (AvgIpc) is 2.40. The van der Waals surface area contributed by atoms with Gasteiger partial charge in [-0.05, 0) is 70.6 Å². The minimum Gasteiger partial charge on any atom is -0.475 e. The van der Waals surface area contributed by atoms with Gasteiger partial charge in [0.2, 0.25) is 0 Å². The molecule has 2 rings (SSSR count). The van der Waals surface area contributed by atoms with Crippen LogP contribution in [0.25, 0.3) is 0 Å². The van der Waals surface area contributed by atoms with E-state index < -0.39 is 0 Å². The molecular weight excluding hydrogens is 224 g/mol. The van der Waals surface area contributed by atoms with Crippen LogP contribution in [-0.4, -0.2) is 38.3 Å². The van der Waals surface area contributed by atoms with Crippen molar-refractivity contribution in [2.75, 3.05) is 27.2 Å². The molecule has 0 amide bonds. The summed E-state index contributed by atoms with van der Waals surface area (Å²) in [6.45, 7) is 4.34. The summed E-state index contributed by atoms with van der Waals surface area (Å²) < 4.78 is 5.83. The molecule has 1 unspecified atom stereocenters. The zero-order chi connectivity index (χ0) is 13.0. The first-order valence-electron chi connectivity index (χ1n) is 6.80. The fourth-order valence-corrected chi connectivity index (χ4v) is 2.28. The number of benzene rings is 1. The van der Waals surface area contributed by atoms with Crippen molar-refractivity contribution in [1.29, 1.82) is 0 Å². The Bertz CT molecular complexity index is 355. The molecule has 1 fully saturated rings. The predicted octanol–water partition coefficient (Wildman–Crippen LogP) is 2.44. The third-order valence-electron chi connectivity index (χ3n) is 3.72. The smallest absolute Gasteiger partial charge is 0.149 e. The average molecular weight is 248 g/mol. The molecule has 1 aromatic carbocycles. The molecule has 1 aromatic rings. The van der Waals surface area contributed by atoms with Gasteiger partial charge in [0, 0.05) is 0 Å². The van der Waals surface area contributed by atoms with E-state index in [0.29, 0.717) is 5.92 Å². The molecule has 0 bridgehead atoms. The lowest BCUT2D eigenvalue weighted by atomic mass is 9.90. The molecule has 0 saturated carbocycles. The second kappa shape index (κ2) is 6.21. The molecule has 1 heterocycles. The molecule has 0 spiro atoms. The van der Waals surface area contributed by atoms with Crippen molar-refractivity contribution in [2.45, 2.75) is 31.9 Å². The van der Waals surface area contributed by atoms with E-state index in [1.807, 2.05) is 14.1 Å². The molecule has 1 N–H and O–H groups in total. The van der Waals surface area contributed by atoms with Crippen LogP contribution in [0.1, 0.15) is 31.2 Å². The van der Waals surface area contributed by atoms with Crippen molar-refractivity contribution >= 4 is 0 Å². The number of ether oxygens (including phenoxy) is 1. The maximum Gasteiger partial charge on any atom is 0.149 e. The van der Waals surface area contributed by atoms with Crippen LogP contribution in [0.4, 0.5) is 0 Å². The largest absolute Gasteiger partial charge is 0.475 e. The lowest BCUT2D eigenvalue weighted by Gasteiger charge is -2.24. The van der Waals surface area contributed by atoms with Crippen molar-refractivity contribution in [3.8, 4) is 5.75 Å². The zero-order valence-corrected chi connectivity index (χ0v) is 11.6. The minimum absolute atomic E-state index is 0.106. The quantitative estimate of drug-likeness (QED) is 0.828. The Morgan fingerprint density at radius 1 is 1.17 bits per heavy atom. The van der Waals surface area contributed by atoms with E-state index in [1.54, 1.807) is 0 Å². The fraction of sp³-hybridized carbons (Fsp3) is 0.600. The molecule has 1 atom stereocenters. The predicted molar refractivity (Wildman–Crippen MR) is 75.1 cm³/mol. The molecule has 100 valence electrons. The summed E-state index contributed by atoms with van der Waals surface area (Å²) in [6.07, 6.45) is 2.59. The number of hydrogen-bond donors (Lipinski definition) is 1. The fourth-order valence-electron chi connectivity index (χ4n) is 2.28. The van der Waals surface area contributed by atoms with E-state index in [2.05, 4.69) is 41.4 Å². The van der Waals surface area contributed by atoms with Crippen LogP contribution < -0.4 is 10.1 Å². The summed E-state index contributed by atoms with van der Waals surface area (Å²) in [6, 6.07) is 8.62. The third-order valence-corrected chi connectivity index (χ3v) is 3.72. The van der Waals surface area contributed by atoms with Crippen molar-refractivity contribution in [1.82, 2.24) is 10.2 Å². The summed E-state index contributed by atoms with van der Waals surface area (Å²) in [5, 5.41) is 3.40. The highest BCUT2D eigenvalue weighted by Gasteiger charge is 2.15. The Morgan fingerprint density at radius 2 is 1.78 bits per heavy atom. The second-order valence-corrected chi connectivity index (χ2v) is 5.27. The summed E-state index contributed by atoms with van der Waals surface area (Å²) in [5.41, 5.74) is 1.45. The van der Waals surface area contributed by atoms with Crippen molar-refractivity contribution in [3.05, 3.63) is 29.8 Å². The van der Waals surface area contributed by atoms with Gasteiger partial charge in [0.05, 0.1) is 0 Å². The van der Waals surface area contributed by atoms with Gasteiger partial charge in [-0.1, -0.05) is 12.1 Å². The monoisotopic (exact) mass is 248 g/mol. The number of rotatable bonds is 4. The summed E-state index contributed by atoms with van der Waals surface area (Å²) >= 11 is 0. The van der Waals surface area contributed by atoms with Crippen LogP contribution in [0, 0.1) is 0 Å². The van der Waals surface area contributed by atoms with Gasteiger partial charge in [0.15, 0.2) is 0 Å². The van der Waals surface area contributed by atoms with E-state index in [-0.39, 0.29) is 6.23 Å². The zero-order valence-electron chi connectivity index (χ0n) is 11.6. The summed E-state index contributed by atoms with van der Waals surface area (Å²) in [4.78, 5) is 2.06. The maximum absolute atomic E-state index is 5.83. The minimum atomic E-state index is 0.106. The molecule has 18 heavy (non-hydrogen) atoms. The summed E-state index contributed by atoms with van der Waals surface area (Å²) in [5.74, 6) is 1.67. The van der Waals surface area contributed by atoms with Crippen molar-refractivity contribution in [2.24, 2.45) is 0 Å². The van der Waals surface area contributed by atoms with Gasteiger partial charge in [-0.3, -0.25) is 4.90 Å². The highest BCUT2D eigenvalue weighted by Crippen LogP contribution is 2.26. The van der Waals surface area contributed by atoms with Crippen molar-refractivity contribution in [3.63, 3.8) is 0 Å². The topological polar surface area (TPSA) is 24.5 Å². The van der Waals surface area contributed by atoms with Gasteiger partial charge in [-0.25, -0.2) is 0 Å². The molecule has 1 aliphatic rings. The van der Waals surface area contributed by atoms with Gasteiger partial charge in [-0.15, -0.1) is 0 Å². The Hall–Kier alpha value is -1.06. The van der Waals surface area contributed by atoms with E-state index in [0.717, 1.165) is 18.8 Å². The Morgan fingerprint density at radius 3 is 2.33 bits per heavy atom. The van der Waals surface area contributed by atoms with E-state index in [9.17, 15) is 0 Å². The lowest BCUT2D eigenvalue weighted by Crippen LogP contribution is -2.30. The number of piperidine rings is 1. The third kappa shape index (κ3) is 3.47. The standard InChI is InChI=1S/C15H24N2O/c1-12(17(2)3)18-15-6-4-13(5-7-15)14-8-10-16-11-9-14/h4-7,12,14,16H,8-11H2,1-3H3. The Kier molecular flexibility index (Phi) is 4.61. The Labute approximate surface area is 110 Å². The van der Waals surface area contributed by atoms with E-state index >= 15 is 0 Å². The highest BCUT2D eigenvalue weighted by molar-refractivity contribution is 5.29. The first-order valence-corrected chi connectivity index (χ1v) is 6.80. The number of hydrogen-bond acceptors (Lipinski definition) is 3. The number of nitrogens with one attached hydrogen (secondary N) is 1. The summed E-state index contributed by atoms with van der Waals surface area (Å²) in [7, 11) is 4.04. The molecule has 0 aliphatic carbocycles. The highest BCUT2D eigenvalue weighted by atomic mass is 16.5. The lowest BCUT2D eigenvalue weighted by molar-refractivity contribution is 0.0815. The van der Waals surface area contributed by atoms with Gasteiger partial charge < -0.3 is 10.1 Å². The van der Waals surface area contributed by atoms with Gasteiger partial charge in [0.25, 0.3) is 0 Å². The molecule has 0 radical (unpaired) electrons. The van der Waals surface area contributed by atoms with Gasteiger partial charge >= 0.3 is 0 Å². The number of nitrogens with zero attached hydrogens (tertiary/aromatic N) is 1. The van der Waals surface area contributed by atoms with Crippen LogP contribution in [0.5, 0.6) is 5.75 Å². The molecular formula is C15H24N2O. The first kappa shape index (κ1) is 13.4. The van der Waals surface area contributed by atoms with Crippen LogP contribution in [0.15, 0.2) is 24.3 Å². The van der Waals surface area contributed by atoms with Crippen LogP contribution in [-0.2, 0) is 0 Å². The van der Waals surface area contributed by atoms with Crippen LogP contribution in [0.3, 0.4) is 0 Å². The van der Waals surface area contributed by atoms with Gasteiger partial charge in [-0.2, -0.15) is 0 Å². The van der Waals surface area contributed by atoms with Crippen LogP contribution >= 0.6 is 0 Å². The SMILES string of the molecule is CC(Oc1ccc(C2CCNCC2)cc1)N(C)C. The molecule has 1 aliphatic heterocycles. The van der Waals surface area contributed by atoms with E-state index in [4.69, 9.17) is 4.74 Å². The Balaban J connectivity index is 1.96. The van der Waals surface area contributed by atoms with Crippen LogP contribution in [0.2, 0.25) is 0 Å². The second-order valence-electron chi connectivity index (χ2n) is 5.27. The van der Waals surface area contributed by atoms with E-state index in [1.165, 1.54) is 18.4 Å². The van der Waals surface area contributed by atoms with Gasteiger partial charge in [0.1, 0.15) is 12.0 Å².